The summed E-state index contributed by atoms with van der Waals surface area (Å²) in [5.74, 6) is 0.782. The van der Waals surface area contributed by atoms with Crippen LogP contribution in [0, 0.1) is 0 Å². The first kappa shape index (κ1) is 10.1. The topological polar surface area (TPSA) is 42.4 Å². The summed E-state index contributed by atoms with van der Waals surface area (Å²) in [6, 6.07) is 7.33. The Labute approximate surface area is 92.0 Å². The lowest BCUT2D eigenvalue weighted by Gasteiger charge is -2.08. The molecule has 0 saturated carbocycles. The van der Waals surface area contributed by atoms with E-state index in [2.05, 4.69) is 4.98 Å². The van der Waals surface area contributed by atoms with E-state index in [-0.39, 0.29) is 0 Å². The molecule has 0 radical (unpaired) electrons. The molecule has 4 heteroatoms. The Hall–Kier alpha value is -1.39. The van der Waals surface area contributed by atoms with Gasteiger partial charge < -0.3 is 9.84 Å². The molecule has 1 aromatic carbocycles. The van der Waals surface area contributed by atoms with Crippen LogP contribution < -0.4 is 4.74 Å². The van der Waals surface area contributed by atoms with Crippen molar-refractivity contribution < 1.29 is 9.84 Å². The number of nitrogens with zero attached hydrogens (tertiary/aromatic N) is 1. The maximum absolute atomic E-state index is 9.95. The maximum atomic E-state index is 9.95. The number of aromatic nitrogens is 1. The van der Waals surface area contributed by atoms with Crippen molar-refractivity contribution in [1.82, 2.24) is 4.98 Å². The van der Waals surface area contributed by atoms with Gasteiger partial charge in [-0.15, -0.1) is 11.3 Å². The lowest BCUT2D eigenvalue weighted by molar-refractivity contribution is 0.219. The normalized spacial score (nSPS) is 12.4. The molecule has 0 bridgehead atoms. The smallest absolute Gasteiger partial charge is 0.131 e. The van der Waals surface area contributed by atoms with E-state index in [4.69, 9.17) is 4.74 Å². The van der Waals surface area contributed by atoms with Crippen molar-refractivity contribution in [3.63, 3.8) is 0 Å². The molecule has 1 unspecified atom stereocenters. The first-order valence-corrected chi connectivity index (χ1v) is 5.40. The van der Waals surface area contributed by atoms with Crippen LogP contribution in [0.5, 0.6) is 5.75 Å². The van der Waals surface area contributed by atoms with E-state index >= 15 is 0 Å². The molecule has 0 amide bonds. The van der Waals surface area contributed by atoms with Crippen LogP contribution in [0.3, 0.4) is 0 Å². The van der Waals surface area contributed by atoms with Gasteiger partial charge in [-0.25, -0.2) is 4.98 Å². The zero-order chi connectivity index (χ0) is 10.7. The summed E-state index contributed by atoms with van der Waals surface area (Å²) in [4.78, 5) is 4.07. The molecule has 0 spiro atoms. The lowest BCUT2D eigenvalue weighted by atomic mass is 10.1. The molecule has 1 N–H and O–H groups in total. The van der Waals surface area contributed by atoms with Crippen LogP contribution in [0.2, 0.25) is 0 Å². The number of ether oxygens (including phenoxy) is 1. The largest absolute Gasteiger partial charge is 0.497 e. The number of aliphatic hydroxyl groups is 1. The molecule has 2 aromatic rings. The maximum Gasteiger partial charge on any atom is 0.131 e. The van der Waals surface area contributed by atoms with Crippen molar-refractivity contribution >= 4 is 11.3 Å². The molecule has 0 aliphatic rings. The minimum atomic E-state index is -0.643. The summed E-state index contributed by atoms with van der Waals surface area (Å²) in [6.07, 6.45) is 1.04. The second-order valence-corrected chi connectivity index (χ2v) is 3.97. The Kier molecular flexibility index (Phi) is 2.99. The van der Waals surface area contributed by atoms with Crippen molar-refractivity contribution in [2.75, 3.05) is 7.11 Å². The number of methoxy groups -OCH3 is 1. The first-order valence-electron chi connectivity index (χ1n) is 4.52. The summed E-state index contributed by atoms with van der Waals surface area (Å²) in [5, 5.41) is 12.5. The quantitative estimate of drug-likeness (QED) is 0.864. The van der Waals surface area contributed by atoms with Gasteiger partial charge in [-0.3, -0.25) is 0 Å². The Balaban J connectivity index is 2.22. The van der Waals surface area contributed by atoms with Gasteiger partial charge in [0.25, 0.3) is 0 Å². The third-order valence-electron chi connectivity index (χ3n) is 2.12. The average molecular weight is 221 g/mol. The molecular weight excluding hydrogens is 210 g/mol. The second-order valence-electron chi connectivity index (χ2n) is 3.05. The number of hydrogen-bond donors (Lipinski definition) is 1. The van der Waals surface area contributed by atoms with Gasteiger partial charge in [0.2, 0.25) is 0 Å². The Morgan fingerprint density at radius 3 is 2.60 bits per heavy atom. The zero-order valence-electron chi connectivity index (χ0n) is 8.25. The van der Waals surface area contributed by atoms with Crippen LogP contribution in [0.25, 0.3) is 0 Å². The molecule has 0 saturated heterocycles. The van der Waals surface area contributed by atoms with Crippen LogP contribution in [0.1, 0.15) is 16.7 Å². The van der Waals surface area contributed by atoms with Gasteiger partial charge >= 0.3 is 0 Å². The lowest BCUT2D eigenvalue weighted by Crippen LogP contribution is -1.98. The predicted octanol–water partition coefficient (Wildman–Crippen LogP) is 2.23. The fraction of sp³-hybridized carbons (Fsp3) is 0.182. The van der Waals surface area contributed by atoms with E-state index in [0.29, 0.717) is 5.01 Å². The van der Waals surface area contributed by atoms with E-state index in [9.17, 15) is 5.11 Å². The first-order chi connectivity index (χ1) is 7.31. The summed E-state index contributed by atoms with van der Waals surface area (Å²) >= 11 is 1.44. The van der Waals surface area contributed by atoms with Crippen LogP contribution in [-0.2, 0) is 0 Å². The highest BCUT2D eigenvalue weighted by molar-refractivity contribution is 7.09. The standard InChI is InChI=1S/C11H11NO2S/c1-14-9-4-2-8(3-5-9)10(13)11-12-6-7-15-11/h2-7,10,13H,1H3. The molecule has 1 heterocycles. The fourth-order valence-corrected chi connectivity index (χ4v) is 1.95. The monoisotopic (exact) mass is 221 g/mol. The zero-order valence-corrected chi connectivity index (χ0v) is 9.07. The van der Waals surface area contributed by atoms with E-state index in [1.165, 1.54) is 11.3 Å². The van der Waals surface area contributed by atoms with Gasteiger partial charge in [0.15, 0.2) is 0 Å². The molecule has 78 valence electrons. The third-order valence-corrected chi connectivity index (χ3v) is 2.94. The Bertz CT molecular complexity index is 411. The highest BCUT2D eigenvalue weighted by Crippen LogP contribution is 2.24. The van der Waals surface area contributed by atoms with Crippen molar-refractivity contribution in [2.24, 2.45) is 0 Å². The SMILES string of the molecule is COc1ccc(C(O)c2nccs2)cc1. The van der Waals surface area contributed by atoms with Gasteiger partial charge in [-0.1, -0.05) is 12.1 Å². The van der Waals surface area contributed by atoms with Gasteiger partial charge in [-0.2, -0.15) is 0 Å². The van der Waals surface area contributed by atoms with Crippen molar-refractivity contribution in [1.29, 1.82) is 0 Å². The molecular formula is C11H11NO2S. The van der Waals surface area contributed by atoms with Crippen LogP contribution in [0.15, 0.2) is 35.8 Å². The minimum absolute atomic E-state index is 0.643. The van der Waals surface area contributed by atoms with Gasteiger partial charge in [-0.05, 0) is 17.7 Å². The number of aliphatic hydroxyl groups excluding tert-OH is 1. The fourth-order valence-electron chi connectivity index (χ4n) is 1.30. The average Bonchev–Trinajstić information content (AvgIpc) is 2.82. The summed E-state index contributed by atoms with van der Waals surface area (Å²) in [5.41, 5.74) is 0.825. The minimum Gasteiger partial charge on any atom is -0.497 e. The van der Waals surface area contributed by atoms with E-state index in [1.807, 2.05) is 29.6 Å². The summed E-state index contributed by atoms with van der Waals surface area (Å²) in [6.45, 7) is 0. The molecule has 2 rings (SSSR count). The van der Waals surface area contributed by atoms with Crippen molar-refractivity contribution in [2.45, 2.75) is 6.10 Å². The number of thiazole rings is 1. The molecule has 3 nitrogen and oxygen atoms in total. The number of benzene rings is 1. The van der Waals surface area contributed by atoms with E-state index in [0.717, 1.165) is 11.3 Å². The third kappa shape index (κ3) is 2.16. The Morgan fingerprint density at radius 2 is 2.07 bits per heavy atom. The number of rotatable bonds is 3. The summed E-state index contributed by atoms with van der Waals surface area (Å²) in [7, 11) is 1.62. The Morgan fingerprint density at radius 1 is 1.33 bits per heavy atom. The molecule has 0 aliphatic carbocycles. The van der Waals surface area contributed by atoms with Gasteiger partial charge in [0, 0.05) is 11.6 Å². The van der Waals surface area contributed by atoms with Crippen LogP contribution >= 0.6 is 11.3 Å². The van der Waals surface area contributed by atoms with Crippen molar-refractivity contribution in [3.8, 4) is 5.75 Å². The van der Waals surface area contributed by atoms with Gasteiger partial charge in [0.05, 0.1) is 7.11 Å². The highest BCUT2D eigenvalue weighted by Gasteiger charge is 2.12. The highest BCUT2D eigenvalue weighted by atomic mass is 32.1. The summed E-state index contributed by atoms with van der Waals surface area (Å²) < 4.78 is 5.04. The van der Waals surface area contributed by atoms with Crippen molar-refractivity contribution in [3.05, 3.63) is 46.4 Å². The molecule has 1 atom stereocenters. The van der Waals surface area contributed by atoms with Gasteiger partial charge in [0.1, 0.15) is 16.9 Å². The molecule has 0 aliphatic heterocycles. The van der Waals surface area contributed by atoms with E-state index in [1.54, 1.807) is 13.3 Å². The van der Waals surface area contributed by atoms with Crippen LogP contribution in [0.4, 0.5) is 0 Å². The molecule has 15 heavy (non-hydrogen) atoms. The molecule has 0 fully saturated rings. The predicted molar refractivity (Wildman–Crippen MR) is 59.2 cm³/mol. The second kappa shape index (κ2) is 4.42. The van der Waals surface area contributed by atoms with Crippen LogP contribution in [-0.4, -0.2) is 17.2 Å². The van der Waals surface area contributed by atoms with E-state index < -0.39 is 6.10 Å². The molecule has 1 aromatic heterocycles. The number of hydrogen-bond acceptors (Lipinski definition) is 4.